The van der Waals surface area contributed by atoms with Crippen LogP contribution in [0.1, 0.15) is 34.5 Å². The van der Waals surface area contributed by atoms with Gasteiger partial charge < -0.3 is 4.74 Å². The van der Waals surface area contributed by atoms with E-state index in [2.05, 4.69) is 25.6 Å². The Bertz CT molecular complexity index is 930. The maximum atomic E-state index is 12.1. The molecule has 128 valence electrons. The van der Waals surface area contributed by atoms with E-state index in [4.69, 9.17) is 4.74 Å². The van der Waals surface area contributed by atoms with Crippen LogP contribution in [0.25, 0.3) is 5.78 Å². The summed E-state index contributed by atoms with van der Waals surface area (Å²) >= 11 is 0. The number of hydrogen-bond acceptors (Lipinski definition) is 6. The van der Waals surface area contributed by atoms with E-state index in [0.29, 0.717) is 12.4 Å². The zero-order valence-electron chi connectivity index (χ0n) is 14.2. The molecule has 8 heteroatoms. The fourth-order valence-electron chi connectivity index (χ4n) is 2.29. The molecule has 25 heavy (non-hydrogen) atoms. The minimum absolute atomic E-state index is 0.0186. The van der Waals surface area contributed by atoms with E-state index in [1.807, 2.05) is 51.1 Å². The summed E-state index contributed by atoms with van der Waals surface area (Å²) in [6, 6.07) is 9.24. The maximum absolute atomic E-state index is 12.1. The lowest BCUT2D eigenvalue weighted by Gasteiger charge is -2.01. The van der Waals surface area contributed by atoms with Gasteiger partial charge in [-0.25, -0.2) is 14.9 Å². The summed E-state index contributed by atoms with van der Waals surface area (Å²) in [5.41, 5.74) is 4.92. The highest BCUT2D eigenvalue weighted by atomic mass is 16.5. The molecule has 2 aromatic heterocycles. The van der Waals surface area contributed by atoms with Crippen LogP contribution in [0.4, 0.5) is 0 Å². The van der Waals surface area contributed by atoms with Crippen molar-refractivity contribution in [3.05, 3.63) is 53.1 Å². The van der Waals surface area contributed by atoms with Gasteiger partial charge in [0.2, 0.25) is 5.82 Å². The first kappa shape index (κ1) is 16.6. The molecular weight excluding hydrogens is 320 g/mol. The Balaban J connectivity index is 1.69. The molecule has 0 spiro atoms. The van der Waals surface area contributed by atoms with Crippen molar-refractivity contribution in [1.82, 2.24) is 25.0 Å². The number of carbonyl (C=O) groups is 1. The van der Waals surface area contributed by atoms with Crippen LogP contribution >= 0.6 is 0 Å². The third-order valence-corrected chi connectivity index (χ3v) is 3.39. The molecule has 0 aliphatic rings. The second kappa shape index (κ2) is 7.08. The predicted molar refractivity (Wildman–Crippen MR) is 92.9 cm³/mol. The highest BCUT2D eigenvalue weighted by Crippen LogP contribution is 2.10. The van der Waals surface area contributed by atoms with Crippen LogP contribution in [-0.4, -0.2) is 38.3 Å². The standard InChI is InChI=1S/C17H18N6O2/c1-4-25-14-7-5-13(6-8-14)10-18-21-16(24)15-20-17-19-11(2)9-12(3)23(17)22-15/h5-10H,4H2,1-3H3,(H,21,24)/b18-10+. The van der Waals surface area contributed by atoms with Gasteiger partial charge in [0, 0.05) is 11.4 Å². The fourth-order valence-corrected chi connectivity index (χ4v) is 2.29. The molecule has 0 unspecified atom stereocenters. The minimum Gasteiger partial charge on any atom is -0.494 e. The molecule has 1 amide bonds. The van der Waals surface area contributed by atoms with E-state index in [1.54, 1.807) is 0 Å². The number of nitrogens with zero attached hydrogens (tertiary/aromatic N) is 5. The van der Waals surface area contributed by atoms with Crippen molar-refractivity contribution in [3.63, 3.8) is 0 Å². The van der Waals surface area contributed by atoms with Gasteiger partial charge in [-0.15, -0.1) is 5.10 Å². The van der Waals surface area contributed by atoms with Gasteiger partial charge >= 0.3 is 5.91 Å². The first-order valence-electron chi connectivity index (χ1n) is 7.84. The minimum atomic E-state index is -0.496. The number of nitrogens with one attached hydrogen (secondary N) is 1. The summed E-state index contributed by atoms with van der Waals surface area (Å²) in [4.78, 5) is 20.5. The summed E-state index contributed by atoms with van der Waals surface area (Å²) in [5.74, 6) is 0.698. The molecule has 0 atom stereocenters. The van der Waals surface area contributed by atoms with Gasteiger partial charge in [-0.2, -0.15) is 10.1 Å². The first-order valence-corrected chi connectivity index (χ1v) is 7.84. The van der Waals surface area contributed by atoms with E-state index in [1.165, 1.54) is 10.7 Å². The summed E-state index contributed by atoms with van der Waals surface area (Å²) < 4.78 is 6.90. The summed E-state index contributed by atoms with van der Waals surface area (Å²) in [6.45, 7) is 6.28. The largest absolute Gasteiger partial charge is 0.494 e. The molecule has 1 N–H and O–H groups in total. The van der Waals surface area contributed by atoms with Gasteiger partial charge in [-0.3, -0.25) is 4.79 Å². The van der Waals surface area contributed by atoms with Crippen molar-refractivity contribution in [2.45, 2.75) is 20.8 Å². The number of hydrazone groups is 1. The normalized spacial score (nSPS) is 11.2. The number of amides is 1. The molecule has 3 rings (SSSR count). The van der Waals surface area contributed by atoms with Crippen molar-refractivity contribution >= 4 is 17.9 Å². The van der Waals surface area contributed by atoms with E-state index >= 15 is 0 Å². The van der Waals surface area contributed by atoms with Gasteiger partial charge in [0.25, 0.3) is 5.78 Å². The number of hydrogen-bond donors (Lipinski definition) is 1. The number of fused-ring (bicyclic) bond motifs is 1. The molecule has 3 aromatic rings. The highest BCUT2D eigenvalue weighted by Gasteiger charge is 2.14. The van der Waals surface area contributed by atoms with Crippen LogP contribution in [0.15, 0.2) is 35.4 Å². The summed E-state index contributed by atoms with van der Waals surface area (Å²) in [6.07, 6.45) is 1.54. The van der Waals surface area contributed by atoms with Crippen molar-refractivity contribution in [1.29, 1.82) is 0 Å². The number of benzene rings is 1. The molecule has 0 saturated heterocycles. The molecule has 2 heterocycles. The van der Waals surface area contributed by atoms with E-state index in [9.17, 15) is 4.79 Å². The number of rotatable bonds is 5. The number of aryl methyl sites for hydroxylation is 2. The number of carbonyl (C=O) groups excluding carboxylic acids is 1. The maximum Gasteiger partial charge on any atom is 0.311 e. The lowest BCUT2D eigenvalue weighted by atomic mass is 10.2. The Hall–Kier alpha value is -3.29. The van der Waals surface area contributed by atoms with Gasteiger partial charge in [-0.05, 0) is 56.7 Å². The van der Waals surface area contributed by atoms with Crippen LogP contribution in [0.5, 0.6) is 5.75 Å². The van der Waals surface area contributed by atoms with E-state index in [0.717, 1.165) is 22.7 Å². The quantitative estimate of drug-likeness (QED) is 0.566. The average molecular weight is 338 g/mol. The Morgan fingerprint density at radius 3 is 2.76 bits per heavy atom. The molecule has 1 aromatic carbocycles. The zero-order chi connectivity index (χ0) is 17.8. The van der Waals surface area contributed by atoms with Crippen LogP contribution in [-0.2, 0) is 0 Å². The molecule has 0 fully saturated rings. The molecule has 8 nitrogen and oxygen atoms in total. The van der Waals surface area contributed by atoms with Crippen LogP contribution in [0.2, 0.25) is 0 Å². The SMILES string of the molecule is CCOc1ccc(/C=N/NC(=O)c2nc3nc(C)cc(C)n3n2)cc1. The molecule has 0 radical (unpaired) electrons. The monoisotopic (exact) mass is 338 g/mol. The van der Waals surface area contributed by atoms with Crippen LogP contribution in [0.3, 0.4) is 0 Å². The van der Waals surface area contributed by atoms with Crippen LogP contribution in [0, 0.1) is 13.8 Å². The molecule has 0 aliphatic heterocycles. The van der Waals surface area contributed by atoms with E-state index in [-0.39, 0.29) is 5.82 Å². The van der Waals surface area contributed by atoms with E-state index < -0.39 is 5.91 Å². The first-order chi connectivity index (χ1) is 12.1. The Morgan fingerprint density at radius 2 is 2.04 bits per heavy atom. The second-order valence-electron chi connectivity index (χ2n) is 5.39. The van der Waals surface area contributed by atoms with Gasteiger partial charge in [-0.1, -0.05) is 0 Å². The van der Waals surface area contributed by atoms with Crippen LogP contribution < -0.4 is 10.2 Å². The molecule has 0 aliphatic carbocycles. The number of aromatic nitrogens is 4. The Morgan fingerprint density at radius 1 is 1.28 bits per heavy atom. The predicted octanol–water partition coefficient (Wildman–Crippen LogP) is 1.90. The smallest absolute Gasteiger partial charge is 0.311 e. The van der Waals surface area contributed by atoms with Crippen molar-refractivity contribution in [3.8, 4) is 5.75 Å². The van der Waals surface area contributed by atoms with Crippen molar-refractivity contribution in [2.75, 3.05) is 6.61 Å². The topological polar surface area (TPSA) is 93.8 Å². The van der Waals surface area contributed by atoms with Crippen molar-refractivity contribution in [2.24, 2.45) is 5.10 Å². The van der Waals surface area contributed by atoms with Gasteiger partial charge in [0.15, 0.2) is 0 Å². The molecule has 0 saturated carbocycles. The Labute approximate surface area is 144 Å². The zero-order valence-corrected chi connectivity index (χ0v) is 14.2. The summed E-state index contributed by atoms with van der Waals surface area (Å²) in [5, 5.41) is 8.08. The second-order valence-corrected chi connectivity index (χ2v) is 5.39. The third kappa shape index (κ3) is 3.79. The Kier molecular flexibility index (Phi) is 4.69. The third-order valence-electron chi connectivity index (χ3n) is 3.39. The van der Waals surface area contributed by atoms with Crippen molar-refractivity contribution < 1.29 is 9.53 Å². The summed E-state index contributed by atoms with van der Waals surface area (Å²) in [7, 11) is 0. The fraction of sp³-hybridized carbons (Fsp3) is 0.235. The average Bonchev–Trinajstić information content (AvgIpc) is 3.01. The lowest BCUT2D eigenvalue weighted by molar-refractivity contribution is 0.0945. The van der Waals surface area contributed by atoms with Gasteiger partial charge in [0.1, 0.15) is 5.75 Å². The van der Waals surface area contributed by atoms with Gasteiger partial charge in [0.05, 0.1) is 12.8 Å². The lowest BCUT2D eigenvalue weighted by Crippen LogP contribution is -2.19. The molecule has 0 bridgehead atoms. The number of ether oxygens (including phenoxy) is 1. The molecular formula is C17H18N6O2. The highest BCUT2D eigenvalue weighted by molar-refractivity contribution is 5.91.